The molecule has 94 valence electrons. The number of para-hydroxylation sites is 1. The first-order valence-electron chi connectivity index (χ1n) is 5.31. The molecule has 0 spiro atoms. The number of carboxylic acid groups (broad SMARTS) is 1. The lowest BCUT2D eigenvalue weighted by Crippen LogP contribution is -2.04. The Balaban J connectivity index is 2.06. The minimum absolute atomic E-state index is 0.0444. The van der Waals surface area contributed by atoms with E-state index in [0.717, 1.165) is 5.69 Å². The maximum absolute atomic E-state index is 10.3. The number of benzene rings is 1. The van der Waals surface area contributed by atoms with Gasteiger partial charge in [-0.25, -0.2) is 4.68 Å². The van der Waals surface area contributed by atoms with Gasteiger partial charge in [-0.1, -0.05) is 23.7 Å². The minimum Gasteiger partial charge on any atom is -0.490 e. The lowest BCUT2D eigenvalue weighted by atomic mass is 10.3. The average Bonchev–Trinajstić information content (AvgIpc) is 2.78. The van der Waals surface area contributed by atoms with Crippen LogP contribution in [0.4, 0.5) is 0 Å². The van der Waals surface area contributed by atoms with Crippen molar-refractivity contribution >= 4 is 17.6 Å². The lowest BCUT2D eigenvalue weighted by Gasteiger charge is -2.03. The molecule has 1 N–H and O–H groups in total. The largest absolute Gasteiger partial charge is 0.490 e. The molecule has 6 heteroatoms. The van der Waals surface area contributed by atoms with Crippen LogP contribution >= 0.6 is 11.6 Å². The standard InChI is InChI=1S/C12H11ClN2O3/c13-10-3-1-2-4-11(10)15-8-9(7-14-15)18-6-5-12(16)17/h1-4,7-8H,5-6H2,(H,16,17). The fourth-order valence-electron chi connectivity index (χ4n) is 1.41. The molecule has 0 saturated heterocycles. The Bertz CT molecular complexity index is 554. The highest BCUT2D eigenvalue weighted by Gasteiger charge is 2.05. The van der Waals surface area contributed by atoms with Crippen LogP contribution in [-0.4, -0.2) is 27.5 Å². The number of halogens is 1. The molecule has 2 rings (SSSR count). The second kappa shape index (κ2) is 5.55. The van der Waals surface area contributed by atoms with Crippen molar-refractivity contribution in [1.29, 1.82) is 0 Å². The molecule has 1 aromatic heterocycles. The maximum Gasteiger partial charge on any atom is 0.306 e. The molecule has 1 aromatic carbocycles. The molecule has 0 aliphatic heterocycles. The first-order valence-corrected chi connectivity index (χ1v) is 5.69. The van der Waals surface area contributed by atoms with E-state index in [-0.39, 0.29) is 13.0 Å². The zero-order valence-corrected chi connectivity index (χ0v) is 10.2. The zero-order valence-electron chi connectivity index (χ0n) is 9.41. The molecule has 0 aliphatic rings. The van der Waals surface area contributed by atoms with Crippen molar-refractivity contribution in [3.63, 3.8) is 0 Å². The van der Waals surface area contributed by atoms with Gasteiger partial charge >= 0.3 is 5.97 Å². The number of hydrogen-bond donors (Lipinski definition) is 1. The molecule has 18 heavy (non-hydrogen) atoms. The smallest absolute Gasteiger partial charge is 0.306 e. The number of aromatic nitrogens is 2. The highest BCUT2D eigenvalue weighted by molar-refractivity contribution is 6.32. The van der Waals surface area contributed by atoms with Crippen LogP contribution in [0.2, 0.25) is 5.02 Å². The predicted molar refractivity (Wildman–Crippen MR) is 66.3 cm³/mol. The fraction of sp³-hybridized carbons (Fsp3) is 0.167. The summed E-state index contributed by atoms with van der Waals surface area (Å²) in [7, 11) is 0. The van der Waals surface area contributed by atoms with Crippen LogP contribution in [0.3, 0.4) is 0 Å². The summed E-state index contributed by atoms with van der Waals surface area (Å²) in [6, 6.07) is 7.29. The monoisotopic (exact) mass is 266 g/mol. The summed E-state index contributed by atoms with van der Waals surface area (Å²) in [5, 5.41) is 13.2. The van der Waals surface area contributed by atoms with Crippen LogP contribution in [0.5, 0.6) is 5.75 Å². The normalized spacial score (nSPS) is 10.3. The van der Waals surface area contributed by atoms with Crippen molar-refractivity contribution < 1.29 is 14.6 Å². The molecule has 1 heterocycles. The van der Waals surface area contributed by atoms with Gasteiger partial charge in [0.25, 0.3) is 0 Å². The van der Waals surface area contributed by atoms with Gasteiger partial charge in [0.2, 0.25) is 0 Å². The summed E-state index contributed by atoms with van der Waals surface area (Å²) < 4.78 is 6.83. The molecule has 0 fully saturated rings. The van der Waals surface area contributed by atoms with Gasteiger partial charge < -0.3 is 9.84 Å². The highest BCUT2D eigenvalue weighted by atomic mass is 35.5. The fourth-order valence-corrected chi connectivity index (χ4v) is 1.63. The average molecular weight is 267 g/mol. The summed E-state index contributed by atoms with van der Waals surface area (Å²) in [4.78, 5) is 10.3. The molecule has 0 saturated carbocycles. The van der Waals surface area contributed by atoms with Crippen molar-refractivity contribution in [2.45, 2.75) is 6.42 Å². The Morgan fingerprint density at radius 3 is 2.94 bits per heavy atom. The molecule has 0 bridgehead atoms. The SMILES string of the molecule is O=C(O)CCOc1cnn(-c2ccccc2Cl)c1. The van der Waals surface area contributed by atoms with Crippen molar-refractivity contribution in [3.8, 4) is 11.4 Å². The summed E-state index contributed by atoms with van der Waals surface area (Å²) >= 11 is 6.03. The maximum atomic E-state index is 10.3. The van der Waals surface area contributed by atoms with Gasteiger partial charge in [0.15, 0.2) is 5.75 Å². The van der Waals surface area contributed by atoms with Gasteiger partial charge in [-0.05, 0) is 12.1 Å². The first kappa shape index (κ1) is 12.4. The highest BCUT2D eigenvalue weighted by Crippen LogP contribution is 2.21. The summed E-state index contributed by atoms with van der Waals surface area (Å²) in [5.74, 6) is -0.385. The number of ether oxygens (including phenoxy) is 1. The molecular formula is C12H11ClN2O3. The Morgan fingerprint density at radius 2 is 2.22 bits per heavy atom. The minimum atomic E-state index is -0.895. The first-order chi connectivity index (χ1) is 8.66. The zero-order chi connectivity index (χ0) is 13.0. The van der Waals surface area contributed by atoms with Gasteiger partial charge in [0, 0.05) is 0 Å². The summed E-state index contributed by atoms with van der Waals surface area (Å²) in [6.45, 7) is 0.115. The number of carbonyl (C=O) groups is 1. The molecule has 0 aliphatic carbocycles. The quantitative estimate of drug-likeness (QED) is 0.902. The van der Waals surface area contributed by atoms with Crippen LogP contribution < -0.4 is 4.74 Å². The molecular weight excluding hydrogens is 256 g/mol. The van der Waals surface area contributed by atoms with Gasteiger partial charge in [0.05, 0.1) is 36.1 Å². The summed E-state index contributed by atoms with van der Waals surface area (Å²) in [5.41, 5.74) is 0.743. The van der Waals surface area contributed by atoms with Crippen molar-refractivity contribution in [1.82, 2.24) is 9.78 Å². The Hall–Kier alpha value is -2.01. The Kier molecular flexibility index (Phi) is 3.84. The van der Waals surface area contributed by atoms with Gasteiger partial charge in [-0.15, -0.1) is 0 Å². The van der Waals surface area contributed by atoms with E-state index in [0.29, 0.717) is 10.8 Å². The van der Waals surface area contributed by atoms with E-state index in [1.165, 1.54) is 6.20 Å². The van der Waals surface area contributed by atoms with E-state index in [1.807, 2.05) is 18.2 Å². The van der Waals surface area contributed by atoms with E-state index in [2.05, 4.69) is 5.10 Å². The van der Waals surface area contributed by atoms with Gasteiger partial charge in [0.1, 0.15) is 0 Å². The van der Waals surface area contributed by atoms with E-state index in [9.17, 15) is 4.79 Å². The third-order valence-electron chi connectivity index (χ3n) is 2.24. The van der Waals surface area contributed by atoms with E-state index in [1.54, 1.807) is 16.9 Å². The van der Waals surface area contributed by atoms with Crippen molar-refractivity contribution in [2.75, 3.05) is 6.61 Å². The van der Waals surface area contributed by atoms with Crippen LogP contribution in [0, 0.1) is 0 Å². The van der Waals surface area contributed by atoms with Crippen molar-refractivity contribution in [2.24, 2.45) is 0 Å². The predicted octanol–water partition coefficient (Wildman–Crippen LogP) is 2.38. The second-order valence-electron chi connectivity index (χ2n) is 3.56. The van der Waals surface area contributed by atoms with Crippen LogP contribution in [0.15, 0.2) is 36.7 Å². The topological polar surface area (TPSA) is 64.3 Å². The van der Waals surface area contributed by atoms with Crippen LogP contribution in [0.1, 0.15) is 6.42 Å². The third kappa shape index (κ3) is 3.01. The lowest BCUT2D eigenvalue weighted by molar-refractivity contribution is -0.137. The molecule has 2 aromatic rings. The van der Waals surface area contributed by atoms with Crippen LogP contribution in [-0.2, 0) is 4.79 Å². The van der Waals surface area contributed by atoms with E-state index < -0.39 is 5.97 Å². The van der Waals surface area contributed by atoms with E-state index >= 15 is 0 Å². The number of carboxylic acids is 1. The number of hydrogen-bond acceptors (Lipinski definition) is 3. The molecule has 5 nitrogen and oxygen atoms in total. The summed E-state index contributed by atoms with van der Waals surface area (Å²) in [6.07, 6.45) is 3.13. The molecule has 0 amide bonds. The van der Waals surface area contributed by atoms with Gasteiger partial charge in [-0.3, -0.25) is 4.79 Å². The third-order valence-corrected chi connectivity index (χ3v) is 2.56. The van der Waals surface area contributed by atoms with Crippen LogP contribution in [0.25, 0.3) is 5.69 Å². The Labute approximate surface area is 109 Å². The van der Waals surface area contributed by atoms with Crippen molar-refractivity contribution in [3.05, 3.63) is 41.7 Å². The van der Waals surface area contributed by atoms with E-state index in [4.69, 9.17) is 21.4 Å². The molecule has 0 radical (unpaired) electrons. The molecule has 0 unspecified atom stereocenters. The van der Waals surface area contributed by atoms with Gasteiger partial charge in [-0.2, -0.15) is 5.10 Å². The number of rotatable bonds is 5. The molecule has 0 atom stereocenters. The Morgan fingerprint density at radius 1 is 1.44 bits per heavy atom. The number of nitrogens with zero attached hydrogens (tertiary/aromatic N) is 2. The second-order valence-corrected chi connectivity index (χ2v) is 3.97. The number of aliphatic carboxylic acids is 1.